The van der Waals surface area contributed by atoms with E-state index < -0.39 is 11.9 Å². The van der Waals surface area contributed by atoms with E-state index in [-0.39, 0.29) is 11.4 Å². The van der Waals surface area contributed by atoms with Gasteiger partial charge in [-0.3, -0.25) is 9.78 Å². The number of anilines is 1. The maximum Gasteiger partial charge on any atom is 0.339 e. The van der Waals surface area contributed by atoms with E-state index in [9.17, 15) is 9.59 Å². The van der Waals surface area contributed by atoms with Crippen molar-refractivity contribution in [2.75, 3.05) is 5.32 Å². The largest absolute Gasteiger partial charge is 0.478 e. The third kappa shape index (κ3) is 2.80. The van der Waals surface area contributed by atoms with Crippen LogP contribution < -0.4 is 5.32 Å². The Balaban J connectivity index is 2.30. The minimum atomic E-state index is -1.15. The van der Waals surface area contributed by atoms with Crippen LogP contribution in [0.3, 0.4) is 0 Å². The Bertz CT molecular complexity index is 683. The van der Waals surface area contributed by atoms with Crippen LogP contribution in [0.5, 0.6) is 0 Å². The molecule has 0 saturated carbocycles. The van der Waals surface area contributed by atoms with Crippen molar-refractivity contribution in [1.82, 2.24) is 9.97 Å². The lowest BCUT2D eigenvalue weighted by atomic mass is 10.1. The number of carbonyl (C=O) groups excluding carboxylic acids is 1. The lowest BCUT2D eigenvalue weighted by molar-refractivity contribution is 0.0697. The molecule has 0 atom stereocenters. The highest BCUT2D eigenvalue weighted by Crippen LogP contribution is 2.14. The average molecular weight is 271 g/mol. The van der Waals surface area contributed by atoms with Crippen LogP contribution in [0, 0.1) is 13.8 Å². The van der Waals surface area contributed by atoms with E-state index in [1.807, 2.05) is 6.92 Å². The first-order valence-corrected chi connectivity index (χ1v) is 5.93. The van der Waals surface area contributed by atoms with Crippen molar-refractivity contribution in [3.05, 3.63) is 53.0 Å². The van der Waals surface area contributed by atoms with Gasteiger partial charge in [0.2, 0.25) is 0 Å². The fourth-order valence-electron chi connectivity index (χ4n) is 1.78. The second kappa shape index (κ2) is 5.48. The SMILES string of the molecule is Cc1ccc(C(=O)Nc2ncccc2C(=O)O)c(C)n1. The Morgan fingerprint density at radius 1 is 1.15 bits per heavy atom. The highest BCUT2D eigenvalue weighted by molar-refractivity contribution is 6.07. The predicted octanol–water partition coefficient (Wildman–Crippen LogP) is 2.04. The Kier molecular flexibility index (Phi) is 3.74. The lowest BCUT2D eigenvalue weighted by Crippen LogP contribution is -2.17. The summed E-state index contributed by atoms with van der Waals surface area (Å²) < 4.78 is 0. The number of carboxylic acids is 1. The van der Waals surface area contributed by atoms with E-state index in [0.717, 1.165) is 5.69 Å². The van der Waals surface area contributed by atoms with Crippen LogP contribution in [0.15, 0.2) is 30.5 Å². The van der Waals surface area contributed by atoms with E-state index in [1.54, 1.807) is 19.1 Å². The van der Waals surface area contributed by atoms with E-state index in [4.69, 9.17) is 5.11 Å². The predicted molar refractivity (Wildman–Crippen MR) is 72.9 cm³/mol. The molecule has 6 nitrogen and oxygen atoms in total. The summed E-state index contributed by atoms with van der Waals surface area (Å²) in [6, 6.07) is 6.25. The summed E-state index contributed by atoms with van der Waals surface area (Å²) in [5.74, 6) is -1.56. The summed E-state index contributed by atoms with van der Waals surface area (Å²) in [6.07, 6.45) is 1.42. The molecule has 2 heterocycles. The number of amides is 1. The van der Waals surface area contributed by atoms with E-state index >= 15 is 0 Å². The third-order valence-electron chi connectivity index (χ3n) is 2.74. The van der Waals surface area contributed by atoms with Crippen LogP contribution in [0.1, 0.15) is 32.1 Å². The van der Waals surface area contributed by atoms with Gasteiger partial charge in [-0.05, 0) is 38.1 Å². The maximum absolute atomic E-state index is 12.1. The zero-order valence-corrected chi connectivity index (χ0v) is 11.0. The normalized spacial score (nSPS) is 10.1. The van der Waals surface area contributed by atoms with Crippen LogP contribution in [0.4, 0.5) is 5.82 Å². The first kappa shape index (κ1) is 13.7. The Labute approximate surface area is 115 Å². The smallest absolute Gasteiger partial charge is 0.339 e. The number of nitrogens with one attached hydrogen (secondary N) is 1. The van der Waals surface area contributed by atoms with Gasteiger partial charge in [0.25, 0.3) is 5.91 Å². The summed E-state index contributed by atoms with van der Waals surface area (Å²) in [5, 5.41) is 11.5. The van der Waals surface area contributed by atoms with Gasteiger partial charge >= 0.3 is 5.97 Å². The summed E-state index contributed by atoms with van der Waals surface area (Å²) in [4.78, 5) is 31.3. The highest BCUT2D eigenvalue weighted by atomic mass is 16.4. The molecule has 0 aliphatic carbocycles. The van der Waals surface area contributed by atoms with Gasteiger partial charge < -0.3 is 10.4 Å². The molecule has 0 radical (unpaired) electrons. The number of carboxylic acid groups (broad SMARTS) is 1. The molecule has 2 aromatic heterocycles. The summed E-state index contributed by atoms with van der Waals surface area (Å²) in [6.45, 7) is 3.55. The first-order valence-electron chi connectivity index (χ1n) is 5.93. The molecule has 0 aliphatic rings. The molecule has 0 spiro atoms. The number of carbonyl (C=O) groups is 2. The molecule has 0 bridgehead atoms. The van der Waals surface area contributed by atoms with E-state index in [1.165, 1.54) is 18.3 Å². The molecule has 0 fully saturated rings. The summed E-state index contributed by atoms with van der Waals surface area (Å²) in [5.41, 5.74) is 1.72. The standard InChI is InChI=1S/C14H13N3O3/c1-8-5-6-10(9(2)16-8)13(18)17-12-11(14(19)20)4-3-7-15-12/h3-7H,1-2H3,(H,19,20)(H,15,17,18). The Hall–Kier alpha value is -2.76. The van der Waals surface area contributed by atoms with E-state index in [2.05, 4.69) is 15.3 Å². The summed E-state index contributed by atoms with van der Waals surface area (Å²) >= 11 is 0. The molecular formula is C14H13N3O3. The number of nitrogens with zero attached hydrogens (tertiary/aromatic N) is 2. The molecule has 2 N–H and O–H groups in total. The number of aromatic nitrogens is 2. The molecule has 0 aromatic carbocycles. The minimum Gasteiger partial charge on any atom is -0.478 e. The van der Waals surface area contributed by atoms with Crippen LogP contribution in [0.25, 0.3) is 0 Å². The number of aromatic carboxylic acids is 1. The fraction of sp³-hybridized carbons (Fsp3) is 0.143. The van der Waals surface area contributed by atoms with Crippen LogP contribution in [0.2, 0.25) is 0 Å². The zero-order chi connectivity index (χ0) is 14.7. The van der Waals surface area contributed by atoms with Gasteiger partial charge in [0.15, 0.2) is 0 Å². The molecular weight excluding hydrogens is 258 g/mol. The highest BCUT2D eigenvalue weighted by Gasteiger charge is 2.16. The molecule has 102 valence electrons. The van der Waals surface area contributed by atoms with Crippen LogP contribution in [-0.4, -0.2) is 27.0 Å². The molecule has 0 aliphatic heterocycles. The van der Waals surface area contributed by atoms with Gasteiger partial charge in [-0.2, -0.15) is 0 Å². The van der Waals surface area contributed by atoms with Crippen LogP contribution in [-0.2, 0) is 0 Å². The maximum atomic E-state index is 12.1. The summed E-state index contributed by atoms with van der Waals surface area (Å²) in [7, 11) is 0. The lowest BCUT2D eigenvalue weighted by Gasteiger charge is -2.09. The Morgan fingerprint density at radius 2 is 1.90 bits per heavy atom. The number of pyridine rings is 2. The number of aryl methyl sites for hydroxylation is 2. The van der Waals surface area contributed by atoms with Crippen molar-refractivity contribution in [1.29, 1.82) is 0 Å². The topological polar surface area (TPSA) is 92.2 Å². The van der Waals surface area contributed by atoms with E-state index in [0.29, 0.717) is 11.3 Å². The molecule has 6 heteroatoms. The first-order chi connectivity index (χ1) is 9.49. The van der Waals surface area contributed by atoms with Crippen LogP contribution >= 0.6 is 0 Å². The van der Waals surface area contributed by atoms with Gasteiger partial charge in [-0.1, -0.05) is 0 Å². The second-order valence-electron chi connectivity index (χ2n) is 4.24. The molecule has 0 saturated heterocycles. The van der Waals surface area contributed by atoms with Crippen molar-refractivity contribution >= 4 is 17.7 Å². The van der Waals surface area contributed by atoms with Crippen molar-refractivity contribution in [3.8, 4) is 0 Å². The number of hydrogen-bond acceptors (Lipinski definition) is 4. The zero-order valence-electron chi connectivity index (χ0n) is 11.0. The monoisotopic (exact) mass is 271 g/mol. The third-order valence-corrected chi connectivity index (χ3v) is 2.74. The minimum absolute atomic E-state index is 0.0185. The number of hydrogen-bond donors (Lipinski definition) is 2. The molecule has 1 amide bonds. The van der Waals surface area contributed by atoms with Gasteiger partial charge in [0.1, 0.15) is 11.4 Å². The van der Waals surface area contributed by atoms with Gasteiger partial charge in [0.05, 0.1) is 11.3 Å². The van der Waals surface area contributed by atoms with Gasteiger partial charge in [-0.15, -0.1) is 0 Å². The fourth-order valence-corrected chi connectivity index (χ4v) is 1.78. The van der Waals surface area contributed by atoms with Crippen molar-refractivity contribution in [2.45, 2.75) is 13.8 Å². The second-order valence-corrected chi connectivity index (χ2v) is 4.24. The van der Waals surface area contributed by atoms with Crippen molar-refractivity contribution < 1.29 is 14.7 Å². The average Bonchev–Trinajstić information content (AvgIpc) is 2.38. The van der Waals surface area contributed by atoms with Gasteiger partial charge in [-0.25, -0.2) is 9.78 Å². The van der Waals surface area contributed by atoms with Crippen molar-refractivity contribution in [3.63, 3.8) is 0 Å². The van der Waals surface area contributed by atoms with Crippen molar-refractivity contribution in [2.24, 2.45) is 0 Å². The quantitative estimate of drug-likeness (QED) is 0.891. The van der Waals surface area contributed by atoms with Gasteiger partial charge in [0, 0.05) is 11.9 Å². The Morgan fingerprint density at radius 3 is 2.55 bits per heavy atom. The molecule has 20 heavy (non-hydrogen) atoms. The number of rotatable bonds is 3. The molecule has 0 unspecified atom stereocenters. The molecule has 2 aromatic rings. The molecule has 2 rings (SSSR count).